The van der Waals surface area contributed by atoms with E-state index in [1.54, 1.807) is 6.20 Å². The number of aryl methyl sites for hydroxylation is 2. The van der Waals surface area contributed by atoms with Crippen molar-refractivity contribution in [3.63, 3.8) is 0 Å². The summed E-state index contributed by atoms with van der Waals surface area (Å²) in [6, 6.07) is 0. The van der Waals surface area contributed by atoms with E-state index >= 15 is 0 Å². The third-order valence-electron chi connectivity index (χ3n) is 2.48. The molecule has 0 unspecified atom stereocenters. The van der Waals surface area contributed by atoms with Gasteiger partial charge in [-0.3, -0.25) is 0 Å². The second kappa shape index (κ2) is 3.29. The van der Waals surface area contributed by atoms with Crippen molar-refractivity contribution in [2.24, 2.45) is 0 Å². The zero-order valence-corrected chi connectivity index (χ0v) is 7.86. The summed E-state index contributed by atoms with van der Waals surface area (Å²) in [6.45, 7) is 4.43. The molecule has 4 heteroatoms. The van der Waals surface area contributed by atoms with Crippen LogP contribution in [0.4, 0.5) is 0 Å². The molecule has 0 fully saturated rings. The Hall–Kier alpha value is -1.58. The molecule has 0 saturated carbocycles. The monoisotopic (exact) mass is 192 g/mol. The van der Waals surface area contributed by atoms with Crippen molar-refractivity contribution in [3.05, 3.63) is 24.3 Å². The fourth-order valence-electron chi connectivity index (χ4n) is 1.67. The first-order valence-corrected chi connectivity index (χ1v) is 4.67. The number of nitrogens with zero attached hydrogens (tertiary/aromatic N) is 2. The molecule has 0 saturated heterocycles. The molecule has 0 bridgehead atoms. The van der Waals surface area contributed by atoms with E-state index in [4.69, 9.17) is 5.11 Å². The average molecular weight is 192 g/mol. The van der Waals surface area contributed by atoms with Gasteiger partial charge in [-0.15, -0.1) is 0 Å². The molecule has 0 radical (unpaired) electrons. The summed E-state index contributed by atoms with van der Waals surface area (Å²) in [4.78, 5) is 14.9. The highest BCUT2D eigenvalue weighted by atomic mass is 16.4. The fraction of sp³-hybridized carbons (Fsp3) is 0.400. The van der Waals surface area contributed by atoms with Crippen LogP contribution in [0.25, 0.3) is 5.57 Å². The molecule has 2 heterocycles. The molecular formula is C10H12N2O2. The summed E-state index contributed by atoms with van der Waals surface area (Å²) in [6.07, 6.45) is 5.00. The molecule has 0 amide bonds. The number of rotatable bonds is 2. The first kappa shape index (κ1) is 8.99. The van der Waals surface area contributed by atoms with Gasteiger partial charge in [-0.25, -0.2) is 9.78 Å². The predicted octanol–water partition coefficient (Wildman–Crippen LogP) is 1.32. The van der Waals surface area contributed by atoms with Crippen molar-refractivity contribution in [1.29, 1.82) is 0 Å². The third-order valence-corrected chi connectivity index (χ3v) is 2.48. The third kappa shape index (κ3) is 1.43. The summed E-state index contributed by atoms with van der Waals surface area (Å²) in [5.74, 6) is -0.0194. The Kier molecular flexibility index (Phi) is 2.11. The highest BCUT2D eigenvalue weighted by Gasteiger charge is 2.16. The molecule has 0 atom stereocenters. The number of hydrogen-bond donors (Lipinski definition) is 1. The summed E-state index contributed by atoms with van der Waals surface area (Å²) in [7, 11) is 0. The van der Waals surface area contributed by atoms with Crippen molar-refractivity contribution in [2.45, 2.75) is 25.8 Å². The lowest BCUT2D eigenvalue weighted by atomic mass is 10.2. The van der Waals surface area contributed by atoms with Gasteiger partial charge in [0.05, 0.1) is 11.3 Å². The standard InChI is InChI=1S/C10H12N2O2/c1-7(10(13)14)8-6-12-5-3-2-4-9(12)11-8/h6H,1-5H2,(H,13,14). The number of hydrogen-bond acceptors (Lipinski definition) is 2. The first-order valence-electron chi connectivity index (χ1n) is 4.67. The highest BCUT2D eigenvalue weighted by Crippen LogP contribution is 2.18. The van der Waals surface area contributed by atoms with Crippen LogP contribution in [0, 0.1) is 0 Å². The van der Waals surface area contributed by atoms with Crippen LogP contribution in [0.2, 0.25) is 0 Å². The Morgan fingerprint density at radius 3 is 3.00 bits per heavy atom. The van der Waals surface area contributed by atoms with Crippen molar-refractivity contribution in [2.75, 3.05) is 0 Å². The van der Waals surface area contributed by atoms with Crippen molar-refractivity contribution in [3.8, 4) is 0 Å². The number of carboxylic acids is 1. The normalized spacial score (nSPS) is 14.9. The van der Waals surface area contributed by atoms with E-state index in [9.17, 15) is 4.79 Å². The first-order chi connectivity index (χ1) is 6.68. The quantitative estimate of drug-likeness (QED) is 0.719. The van der Waals surface area contributed by atoms with Crippen LogP contribution in [0.1, 0.15) is 24.4 Å². The van der Waals surface area contributed by atoms with Crippen LogP contribution >= 0.6 is 0 Å². The largest absolute Gasteiger partial charge is 0.478 e. The van der Waals surface area contributed by atoms with Gasteiger partial charge >= 0.3 is 5.97 Å². The lowest BCUT2D eigenvalue weighted by Gasteiger charge is -2.11. The van der Waals surface area contributed by atoms with Gasteiger partial charge in [-0.1, -0.05) is 6.58 Å². The summed E-state index contributed by atoms with van der Waals surface area (Å²) in [5.41, 5.74) is 0.571. The molecule has 1 aliphatic rings. The molecule has 0 spiro atoms. The molecular weight excluding hydrogens is 180 g/mol. The maximum absolute atomic E-state index is 10.7. The minimum Gasteiger partial charge on any atom is -0.478 e. The van der Waals surface area contributed by atoms with Gasteiger partial charge in [0.2, 0.25) is 0 Å². The van der Waals surface area contributed by atoms with Crippen LogP contribution in [-0.2, 0) is 17.8 Å². The van der Waals surface area contributed by atoms with E-state index in [1.807, 2.05) is 4.57 Å². The lowest BCUT2D eigenvalue weighted by Crippen LogP contribution is -2.08. The van der Waals surface area contributed by atoms with Crippen LogP contribution < -0.4 is 0 Å². The van der Waals surface area contributed by atoms with Crippen LogP contribution in [0.5, 0.6) is 0 Å². The topological polar surface area (TPSA) is 55.1 Å². The van der Waals surface area contributed by atoms with Gasteiger partial charge in [0.1, 0.15) is 5.82 Å². The van der Waals surface area contributed by atoms with Gasteiger partial charge in [0.25, 0.3) is 0 Å². The van der Waals surface area contributed by atoms with Gasteiger partial charge < -0.3 is 9.67 Å². The lowest BCUT2D eigenvalue weighted by molar-refractivity contribution is -0.130. The minimum atomic E-state index is -1.000. The van der Waals surface area contributed by atoms with Crippen LogP contribution in [0.3, 0.4) is 0 Å². The van der Waals surface area contributed by atoms with E-state index in [1.165, 1.54) is 0 Å². The van der Waals surface area contributed by atoms with E-state index in [2.05, 4.69) is 11.6 Å². The van der Waals surface area contributed by atoms with Crippen molar-refractivity contribution < 1.29 is 9.90 Å². The number of fused-ring (bicyclic) bond motifs is 1. The average Bonchev–Trinajstić information content (AvgIpc) is 2.59. The SMILES string of the molecule is C=C(C(=O)O)c1cn2c(n1)CCCC2. The Labute approximate surface area is 81.9 Å². The Morgan fingerprint density at radius 2 is 2.36 bits per heavy atom. The second-order valence-electron chi connectivity index (χ2n) is 3.48. The molecule has 2 rings (SSSR count). The molecule has 1 aliphatic heterocycles. The molecule has 4 nitrogen and oxygen atoms in total. The molecule has 74 valence electrons. The van der Waals surface area contributed by atoms with Crippen molar-refractivity contribution in [1.82, 2.24) is 9.55 Å². The van der Waals surface area contributed by atoms with Gasteiger partial charge in [0, 0.05) is 19.2 Å². The van der Waals surface area contributed by atoms with E-state index in [0.717, 1.165) is 31.6 Å². The predicted molar refractivity (Wildman–Crippen MR) is 51.8 cm³/mol. The Morgan fingerprint density at radius 1 is 1.57 bits per heavy atom. The maximum atomic E-state index is 10.7. The Bertz CT molecular complexity index is 369. The summed E-state index contributed by atoms with van der Waals surface area (Å²) in [5, 5.41) is 8.75. The van der Waals surface area contributed by atoms with E-state index in [-0.39, 0.29) is 5.57 Å². The van der Waals surface area contributed by atoms with Crippen LogP contribution in [0.15, 0.2) is 12.8 Å². The van der Waals surface area contributed by atoms with E-state index < -0.39 is 5.97 Å². The molecule has 14 heavy (non-hydrogen) atoms. The molecule has 1 N–H and O–H groups in total. The number of aliphatic carboxylic acids is 1. The molecule has 0 aromatic carbocycles. The smallest absolute Gasteiger partial charge is 0.337 e. The highest BCUT2D eigenvalue weighted by molar-refractivity contribution is 6.13. The zero-order chi connectivity index (χ0) is 10.1. The zero-order valence-electron chi connectivity index (χ0n) is 7.86. The Balaban J connectivity index is 2.32. The van der Waals surface area contributed by atoms with Crippen molar-refractivity contribution >= 4 is 11.5 Å². The fourth-order valence-corrected chi connectivity index (χ4v) is 1.67. The van der Waals surface area contributed by atoms with Gasteiger partial charge in [-0.05, 0) is 12.8 Å². The number of imidazole rings is 1. The summed E-state index contributed by atoms with van der Waals surface area (Å²) < 4.78 is 2.02. The van der Waals surface area contributed by atoms with Gasteiger partial charge in [0.15, 0.2) is 0 Å². The van der Waals surface area contributed by atoms with Crippen LogP contribution in [-0.4, -0.2) is 20.6 Å². The second-order valence-corrected chi connectivity index (χ2v) is 3.48. The minimum absolute atomic E-state index is 0.0758. The summed E-state index contributed by atoms with van der Waals surface area (Å²) >= 11 is 0. The number of aromatic nitrogens is 2. The number of carboxylic acid groups (broad SMARTS) is 1. The molecule has 0 aliphatic carbocycles. The number of carbonyl (C=O) groups is 1. The van der Waals surface area contributed by atoms with Gasteiger partial charge in [-0.2, -0.15) is 0 Å². The molecule has 1 aromatic heterocycles. The molecule has 1 aromatic rings. The maximum Gasteiger partial charge on any atom is 0.337 e. The van der Waals surface area contributed by atoms with E-state index in [0.29, 0.717) is 5.69 Å².